The van der Waals surface area contributed by atoms with Crippen molar-refractivity contribution in [2.24, 2.45) is 0 Å². The molecule has 6 heteroatoms. The number of carbonyl (C=O) groups is 1. The number of nitrogens with zero attached hydrogens (tertiary/aromatic N) is 2. The van der Waals surface area contributed by atoms with Crippen molar-refractivity contribution < 1.29 is 14.3 Å². The number of H-pyrrole nitrogens is 1. The summed E-state index contributed by atoms with van der Waals surface area (Å²) in [4.78, 5) is 21.4. The number of benzene rings is 3. The third-order valence-electron chi connectivity index (χ3n) is 6.29. The van der Waals surface area contributed by atoms with Gasteiger partial charge < -0.3 is 24.3 Å². The molecule has 1 aliphatic heterocycles. The van der Waals surface area contributed by atoms with Crippen molar-refractivity contribution in [2.75, 3.05) is 45.3 Å². The summed E-state index contributed by atoms with van der Waals surface area (Å²) in [5, 5.41) is 0.993. The number of rotatable bonds is 5. The van der Waals surface area contributed by atoms with Gasteiger partial charge in [-0.2, -0.15) is 0 Å². The van der Waals surface area contributed by atoms with E-state index in [9.17, 15) is 4.79 Å². The molecule has 1 aromatic heterocycles. The van der Waals surface area contributed by atoms with Gasteiger partial charge in [0.25, 0.3) is 5.91 Å². The Bertz CT molecular complexity index is 1260. The van der Waals surface area contributed by atoms with E-state index in [0.29, 0.717) is 18.8 Å². The minimum atomic E-state index is 0.0173. The Balaban J connectivity index is 1.48. The highest BCUT2D eigenvalue weighted by molar-refractivity contribution is 6.10. The summed E-state index contributed by atoms with van der Waals surface area (Å²) in [6.45, 7) is 2.96. The lowest BCUT2D eigenvalue weighted by Gasteiger charge is -2.36. The molecule has 4 aromatic rings. The molecule has 0 saturated carbocycles. The number of ether oxygens (including phenoxy) is 2. The summed E-state index contributed by atoms with van der Waals surface area (Å²) in [6.07, 6.45) is 0. The van der Waals surface area contributed by atoms with Crippen molar-refractivity contribution in [1.82, 2.24) is 9.88 Å². The van der Waals surface area contributed by atoms with E-state index < -0.39 is 0 Å². The first kappa shape index (κ1) is 20.9. The highest BCUT2D eigenvalue weighted by atomic mass is 16.5. The molecule has 0 unspecified atom stereocenters. The van der Waals surface area contributed by atoms with Gasteiger partial charge in [-0.3, -0.25) is 4.79 Å². The second-order valence-electron chi connectivity index (χ2n) is 8.13. The van der Waals surface area contributed by atoms with Crippen LogP contribution in [0.25, 0.3) is 22.0 Å². The van der Waals surface area contributed by atoms with Crippen LogP contribution in [-0.2, 0) is 0 Å². The molecule has 0 spiro atoms. The van der Waals surface area contributed by atoms with Gasteiger partial charge in [0.05, 0.1) is 19.7 Å². The monoisotopic (exact) mass is 441 g/mol. The van der Waals surface area contributed by atoms with Crippen LogP contribution in [0, 0.1) is 0 Å². The van der Waals surface area contributed by atoms with Gasteiger partial charge in [-0.15, -0.1) is 0 Å². The van der Waals surface area contributed by atoms with Crippen molar-refractivity contribution in [3.05, 3.63) is 78.5 Å². The van der Waals surface area contributed by atoms with Crippen LogP contribution in [0.3, 0.4) is 0 Å². The van der Waals surface area contributed by atoms with E-state index in [0.717, 1.165) is 46.6 Å². The Labute approximate surface area is 193 Å². The number of anilines is 1. The summed E-state index contributed by atoms with van der Waals surface area (Å²) in [5.41, 5.74) is 4.56. The lowest BCUT2D eigenvalue weighted by molar-refractivity contribution is 0.0742. The Morgan fingerprint density at radius 1 is 0.818 bits per heavy atom. The SMILES string of the molecule is COc1ccc(-c2c(C(=O)N3CCN(c4ccccc4)CC3)[nH]c3cc(OC)ccc23)cc1. The molecule has 2 heterocycles. The van der Waals surface area contributed by atoms with Gasteiger partial charge >= 0.3 is 0 Å². The number of fused-ring (bicyclic) bond motifs is 1. The Morgan fingerprint density at radius 3 is 2.15 bits per heavy atom. The van der Waals surface area contributed by atoms with Gasteiger partial charge in [0.2, 0.25) is 0 Å². The molecule has 33 heavy (non-hydrogen) atoms. The van der Waals surface area contributed by atoms with E-state index in [2.05, 4.69) is 22.0 Å². The van der Waals surface area contributed by atoms with Crippen molar-refractivity contribution in [1.29, 1.82) is 0 Å². The van der Waals surface area contributed by atoms with E-state index in [-0.39, 0.29) is 5.91 Å². The Morgan fingerprint density at radius 2 is 1.48 bits per heavy atom. The number of aromatic nitrogens is 1. The molecule has 0 atom stereocenters. The van der Waals surface area contributed by atoms with Crippen LogP contribution in [0.2, 0.25) is 0 Å². The van der Waals surface area contributed by atoms with Crippen LogP contribution >= 0.6 is 0 Å². The first-order valence-electron chi connectivity index (χ1n) is 11.1. The third-order valence-corrected chi connectivity index (χ3v) is 6.29. The number of carbonyl (C=O) groups excluding carboxylic acids is 1. The minimum absolute atomic E-state index is 0.0173. The van der Waals surface area contributed by atoms with Crippen molar-refractivity contribution >= 4 is 22.5 Å². The van der Waals surface area contributed by atoms with Crippen LogP contribution < -0.4 is 14.4 Å². The molecule has 3 aromatic carbocycles. The maximum Gasteiger partial charge on any atom is 0.271 e. The van der Waals surface area contributed by atoms with Gasteiger partial charge in [-0.05, 0) is 42.0 Å². The van der Waals surface area contributed by atoms with E-state index in [1.165, 1.54) is 5.69 Å². The number of amides is 1. The van der Waals surface area contributed by atoms with Gasteiger partial charge in [0.15, 0.2) is 0 Å². The number of nitrogens with one attached hydrogen (secondary N) is 1. The van der Waals surface area contributed by atoms with Gasteiger partial charge in [-0.1, -0.05) is 30.3 Å². The van der Waals surface area contributed by atoms with Crippen LogP contribution in [0.5, 0.6) is 11.5 Å². The first-order chi connectivity index (χ1) is 16.2. The fourth-order valence-corrected chi connectivity index (χ4v) is 4.49. The Kier molecular flexibility index (Phi) is 5.65. The van der Waals surface area contributed by atoms with Crippen LogP contribution in [-0.4, -0.2) is 56.2 Å². The summed E-state index contributed by atoms with van der Waals surface area (Å²) >= 11 is 0. The molecule has 1 fully saturated rings. The molecular formula is C27H27N3O3. The third kappa shape index (κ3) is 4.00. The molecule has 6 nitrogen and oxygen atoms in total. The van der Waals surface area contributed by atoms with E-state index in [1.54, 1.807) is 14.2 Å². The predicted molar refractivity (Wildman–Crippen MR) is 131 cm³/mol. The number of hydrogen-bond acceptors (Lipinski definition) is 4. The number of para-hydroxylation sites is 1. The normalized spacial score (nSPS) is 13.9. The number of aromatic amines is 1. The lowest BCUT2D eigenvalue weighted by Crippen LogP contribution is -2.49. The number of hydrogen-bond donors (Lipinski definition) is 1. The zero-order chi connectivity index (χ0) is 22.8. The van der Waals surface area contributed by atoms with Gasteiger partial charge in [0, 0.05) is 48.9 Å². The fraction of sp³-hybridized carbons (Fsp3) is 0.222. The largest absolute Gasteiger partial charge is 0.497 e. The second kappa shape index (κ2) is 8.90. The summed E-state index contributed by atoms with van der Waals surface area (Å²) < 4.78 is 10.7. The zero-order valence-corrected chi connectivity index (χ0v) is 18.9. The van der Waals surface area contributed by atoms with Gasteiger partial charge in [0.1, 0.15) is 17.2 Å². The summed E-state index contributed by atoms with van der Waals surface area (Å²) in [7, 11) is 3.30. The maximum atomic E-state index is 13.7. The highest BCUT2D eigenvalue weighted by Gasteiger charge is 2.27. The van der Waals surface area contributed by atoms with Crippen LogP contribution in [0.1, 0.15) is 10.5 Å². The topological polar surface area (TPSA) is 57.8 Å². The molecule has 1 N–H and O–H groups in total. The number of piperazine rings is 1. The maximum absolute atomic E-state index is 13.7. The molecule has 0 aliphatic carbocycles. The first-order valence-corrected chi connectivity index (χ1v) is 11.1. The smallest absolute Gasteiger partial charge is 0.271 e. The minimum Gasteiger partial charge on any atom is -0.497 e. The molecule has 1 saturated heterocycles. The average molecular weight is 442 g/mol. The zero-order valence-electron chi connectivity index (χ0n) is 18.9. The second-order valence-corrected chi connectivity index (χ2v) is 8.13. The summed E-state index contributed by atoms with van der Waals surface area (Å²) in [6, 6.07) is 24.1. The van der Waals surface area contributed by atoms with Crippen LogP contribution in [0.15, 0.2) is 72.8 Å². The molecular weight excluding hydrogens is 414 g/mol. The quantitative estimate of drug-likeness (QED) is 0.483. The summed E-state index contributed by atoms with van der Waals surface area (Å²) in [5.74, 6) is 1.55. The lowest BCUT2D eigenvalue weighted by atomic mass is 10.0. The average Bonchev–Trinajstić information content (AvgIpc) is 3.27. The highest BCUT2D eigenvalue weighted by Crippen LogP contribution is 2.36. The van der Waals surface area contributed by atoms with E-state index in [1.807, 2.05) is 65.6 Å². The van der Waals surface area contributed by atoms with Gasteiger partial charge in [-0.25, -0.2) is 0 Å². The molecule has 0 bridgehead atoms. The molecule has 5 rings (SSSR count). The molecule has 1 aliphatic rings. The van der Waals surface area contributed by atoms with Crippen molar-refractivity contribution in [2.45, 2.75) is 0 Å². The van der Waals surface area contributed by atoms with E-state index >= 15 is 0 Å². The van der Waals surface area contributed by atoms with E-state index in [4.69, 9.17) is 9.47 Å². The molecule has 1 amide bonds. The van der Waals surface area contributed by atoms with Crippen LogP contribution in [0.4, 0.5) is 5.69 Å². The molecule has 0 radical (unpaired) electrons. The fourth-order valence-electron chi connectivity index (χ4n) is 4.49. The molecule has 168 valence electrons. The Hall–Kier alpha value is -3.93. The number of methoxy groups -OCH3 is 2. The standard InChI is InChI=1S/C27H27N3O3/c1-32-21-10-8-19(9-11-21)25-23-13-12-22(33-2)18-24(23)28-26(25)27(31)30-16-14-29(15-17-30)20-6-4-3-5-7-20/h3-13,18,28H,14-17H2,1-2H3. The predicted octanol–water partition coefficient (Wildman–Crippen LogP) is 4.81. The van der Waals surface area contributed by atoms with Crippen molar-refractivity contribution in [3.8, 4) is 22.6 Å². The van der Waals surface area contributed by atoms with Crippen molar-refractivity contribution in [3.63, 3.8) is 0 Å².